The number of nitrogens with zero attached hydrogens (tertiary/aromatic N) is 1. The molecule has 9 heteroatoms. The molecule has 0 aromatic rings. The van der Waals surface area contributed by atoms with Gasteiger partial charge in [0.25, 0.3) is 10.2 Å². The Balaban J connectivity index is 2.38. The van der Waals surface area contributed by atoms with Gasteiger partial charge in [0.05, 0.1) is 5.92 Å². The largest absolute Gasteiger partial charge is 0.481 e. The molecule has 2 N–H and O–H groups in total. The minimum absolute atomic E-state index is 0.228. The average Bonchev–Trinajstić information content (AvgIpc) is 2.34. The number of aliphatic carboxylic acids is 1. The molecule has 0 aromatic heterocycles. The zero-order chi connectivity index (χ0) is 14.5. The van der Waals surface area contributed by atoms with Crippen LogP contribution in [0.3, 0.4) is 0 Å². The summed E-state index contributed by atoms with van der Waals surface area (Å²) in [6.07, 6.45) is 2.78. The lowest BCUT2D eigenvalue weighted by atomic mass is 9.99. The van der Waals surface area contributed by atoms with Gasteiger partial charge in [-0.15, -0.1) is 0 Å². The van der Waals surface area contributed by atoms with Gasteiger partial charge in [-0.2, -0.15) is 12.7 Å². The lowest BCUT2D eigenvalue weighted by Gasteiger charge is -2.29. The number of nitrogens with one attached hydrogen (secondary N) is 1. The van der Waals surface area contributed by atoms with E-state index in [9.17, 15) is 17.4 Å². The summed E-state index contributed by atoms with van der Waals surface area (Å²) in [5, 5.41) is 8.84. The Hall–Kier alpha value is -0.510. The summed E-state index contributed by atoms with van der Waals surface area (Å²) in [5.74, 6) is -0.853. The minimum Gasteiger partial charge on any atom is -0.481 e. The molecule has 1 atom stereocenters. The molecule has 0 spiro atoms. The fourth-order valence-electron chi connectivity index (χ4n) is 1.91. The highest BCUT2D eigenvalue weighted by Gasteiger charge is 2.30. The number of carbonyl (C=O) groups is 1. The summed E-state index contributed by atoms with van der Waals surface area (Å²) in [6.45, 7) is 0.707. The molecule has 7 nitrogen and oxygen atoms in total. The van der Waals surface area contributed by atoms with Crippen LogP contribution in [0.25, 0.3) is 0 Å². The molecule has 112 valence electrons. The van der Waals surface area contributed by atoms with E-state index in [1.165, 1.54) is 4.31 Å². The Morgan fingerprint density at radius 1 is 1.42 bits per heavy atom. The van der Waals surface area contributed by atoms with Crippen LogP contribution in [0.15, 0.2) is 0 Å². The van der Waals surface area contributed by atoms with Crippen molar-refractivity contribution in [2.24, 2.45) is 5.92 Å². The zero-order valence-electron chi connectivity index (χ0n) is 10.9. The van der Waals surface area contributed by atoms with Crippen LogP contribution in [0.4, 0.5) is 0 Å². The van der Waals surface area contributed by atoms with E-state index in [1.807, 2.05) is 0 Å². The van der Waals surface area contributed by atoms with Crippen LogP contribution in [0.5, 0.6) is 0 Å². The normalized spacial score (nSPS) is 20.3. The first-order valence-corrected chi connectivity index (χ1v) is 9.27. The number of hydrogen-bond donors (Lipinski definition) is 2. The van der Waals surface area contributed by atoms with Gasteiger partial charge in [-0.3, -0.25) is 9.00 Å². The van der Waals surface area contributed by atoms with Crippen molar-refractivity contribution >= 4 is 27.0 Å². The number of rotatable bonds is 7. The fourth-order valence-corrected chi connectivity index (χ4v) is 3.74. The molecule has 1 aliphatic rings. The third-order valence-corrected chi connectivity index (χ3v) is 5.51. The van der Waals surface area contributed by atoms with Crippen LogP contribution < -0.4 is 4.72 Å². The van der Waals surface area contributed by atoms with Crippen molar-refractivity contribution in [3.05, 3.63) is 0 Å². The van der Waals surface area contributed by atoms with E-state index in [1.54, 1.807) is 6.26 Å². The van der Waals surface area contributed by atoms with Gasteiger partial charge in [-0.25, -0.2) is 4.72 Å². The molecular weight excluding hydrogens is 292 g/mol. The van der Waals surface area contributed by atoms with Crippen molar-refractivity contribution in [2.45, 2.75) is 19.3 Å². The lowest BCUT2D eigenvalue weighted by Crippen LogP contribution is -2.46. The van der Waals surface area contributed by atoms with Crippen molar-refractivity contribution in [1.82, 2.24) is 9.03 Å². The number of carboxylic acid groups (broad SMARTS) is 1. The third kappa shape index (κ3) is 5.55. The first-order chi connectivity index (χ1) is 8.83. The minimum atomic E-state index is -3.54. The summed E-state index contributed by atoms with van der Waals surface area (Å²) in [4.78, 5) is 10.8. The molecule has 0 aromatic carbocycles. The van der Waals surface area contributed by atoms with Crippen molar-refractivity contribution < 1.29 is 22.5 Å². The quantitative estimate of drug-likeness (QED) is 0.610. The topological polar surface area (TPSA) is 104 Å². The second kappa shape index (κ2) is 7.32. The van der Waals surface area contributed by atoms with Gasteiger partial charge in [0.15, 0.2) is 0 Å². The third-order valence-electron chi connectivity index (χ3n) is 3.04. The van der Waals surface area contributed by atoms with E-state index in [2.05, 4.69) is 4.72 Å². The molecule has 1 unspecified atom stereocenters. The van der Waals surface area contributed by atoms with Crippen LogP contribution in [0.1, 0.15) is 19.3 Å². The predicted molar refractivity (Wildman–Crippen MR) is 72.4 cm³/mol. The molecule has 0 amide bonds. The highest BCUT2D eigenvalue weighted by atomic mass is 32.2. The van der Waals surface area contributed by atoms with Gasteiger partial charge in [0.2, 0.25) is 0 Å². The lowest BCUT2D eigenvalue weighted by molar-refractivity contribution is -0.142. The maximum Gasteiger partial charge on any atom is 0.306 e. The summed E-state index contributed by atoms with van der Waals surface area (Å²) in [7, 11) is -4.46. The smallest absolute Gasteiger partial charge is 0.306 e. The summed E-state index contributed by atoms with van der Waals surface area (Å²) >= 11 is 0. The summed E-state index contributed by atoms with van der Waals surface area (Å²) in [5.41, 5.74) is 0. The molecular formula is C10H20N2O5S2. The highest BCUT2D eigenvalue weighted by Crippen LogP contribution is 2.18. The molecule has 19 heavy (non-hydrogen) atoms. The SMILES string of the molecule is CS(=O)CCCNS(=O)(=O)N1CCC(C(=O)O)CC1. The van der Waals surface area contributed by atoms with Crippen molar-refractivity contribution in [3.63, 3.8) is 0 Å². The van der Waals surface area contributed by atoms with E-state index in [0.717, 1.165) is 0 Å². The van der Waals surface area contributed by atoms with Gasteiger partial charge in [0, 0.05) is 42.4 Å². The maximum absolute atomic E-state index is 11.9. The van der Waals surface area contributed by atoms with Crippen LogP contribution in [-0.4, -0.2) is 59.7 Å². The predicted octanol–water partition coefficient (Wildman–Crippen LogP) is -0.614. The van der Waals surface area contributed by atoms with E-state index in [-0.39, 0.29) is 19.6 Å². The Morgan fingerprint density at radius 3 is 2.47 bits per heavy atom. The van der Waals surface area contributed by atoms with E-state index < -0.39 is 32.9 Å². The fraction of sp³-hybridized carbons (Fsp3) is 0.900. The van der Waals surface area contributed by atoms with Crippen LogP contribution in [0.2, 0.25) is 0 Å². The highest BCUT2D eigenvalue weighted by molar-refractivity contribution is 7.87. The standard InChI is InChI=1S/C10H20N2O5S2/c1-18(15)8-2-5-11-19(16,17)12-6-3-9(4-7-12)10(13)14/h9,11H,2-8H2,1H3,(H,13,14). The average molecular weight is 312 g/mol. The van der Waals surface area contributed by atoms with Crippen molar-refractivity contribution in [3.8, 4) is 0 Å². The molecule has 0 aliphatic carbocycles. The van der Waals surface area contributed by atoms with Crippen LogP contribution in [0, 0.1) is 5.92 Å². The van der Waals surface area contributed by atoms with Gasteiger partial charge in [0.1, 0.15) is 0 Å². The zero-order valence-corrected chi connectivity index (χ0v) is 12.5. The van der Waals surface area contributed by atoms with E-state index >= 15 is 0 Å². The number of hydrogen-bond acceptors (Lipinski definition) is 4. The second-order valence-corrected chi connectivity index (χ2v) is 7.85. The molecule has 0 radical (unpaired) electrons. The first kappa shape index (κ1) is 16.5. The summed E-state index contributed by atoms with van der Waals surface area (Å²) in [6, 6.07) is 0. The maximum atomic E-state index is 11.9. The summed E-state index contributed by atoms with van der Waals surface area (Å²) < 4.78 is 38.4. The molecule has 0 bridgehead atoms. The van der Waals surface area contributed by atoms with Crippen molar-refractivity contribution in [1.29, 1.82) is 0 Å². The van der Waals surface area contributed by atoms with Gasteiger partial charge >= 0.3 is 5.97 Å². The van der Waals surface area contributed by atoms with Gasteiger partial charge < -0.3 is 5.11 Å². The Kier molecular flexibility index (Phi) is 6.37. The molecule has 1 fully saturated rings. The monoisotopic (exact) mass is 312 g/mol. The number of piperidine rings is 1. The molecule has 0 saturated carbocycles. The van der Waals surface area contributed by atoms with E-state index in [4.69, 9.17) is 5.11 Å². The van der Waals surface area contributed by atoms with E-state index in [0.29, 0.717) is 25.0 Å². The molecule has 1 saturated heterocycles. The van der Waals surface area contributed by atoms with Crippen LogP contribution in [-0.2, 0) is 25.8 Å². The van der Waals surface area contributed by atoms with Crippen LogP contribution >= 0.6 is 0 Å². The van der Waals surface area contributed by atoms with Crippen molar-refractivity contribution in [2.75, 3.05) is 31.6 Å². The number of carboxylic acids is 1. The van der Waals surface area contributed by atoms with Gasteiger partial charge in [-0.05, 0) is 19.3 Å². The first-order valence-electron chi connectivity index (χ1n) is 6.10. The molecule has 1 heterocycles. The Morgan fingerprint density at radius 2 is 2.00 bits per heavy atom. The second-order valence-electron chi connectivity index (χ2n) is 4.54. The Bertz CT molecular complexity index is 429. The Labute approximate surface area is 116 Å². The van der Waals surface area contributed by atoms with Gasteiger partial charge in [-0.1, -0.05) is 0 Å². The molecule has 1 rings (SSSR count). The molecule has 1 aliphatic heterocycles.